The summed E-state index contributed by atoms with van der Waals surface area (Å²) < 4.78 is 15.0. The summed E-state index contributed by atoms with van der Waals surface area (Å²) in [6, 6.07) is 15.3. The van der Waals surface area contributed by atoms with Crippen molar-refractivity contribution < 1.29 is 9.18 Å². The zero-order valence-corrected chi connectivity index (χ0v) is 17.1. The van der Waals surface area contributed by atoms with Crippen molar-refractivity contribution in [2.24, 2.45) is 0 Å². The Balaban J connectivity index is 1.91. The number of carbonyl (C=O) groups excluding carboxylic acids is 1. The van der Waals surface area contributed by atoms with Crippen molar-refractivity contribution in [3.05, 3.63) is 86.8 Å². The smallest absolute Gasteiger partial charge is 0.330 e. The van der Waals surface area contributed by atoms with E-state index >= 15 is 0 Å². The molecule has 1 aromatic heterocycles. The summed E-state index contributed by atoms with van der Waals surface area (Å²) in [5.74, 6) is -1.04. The molecule has 3 rings (SSSR count). The molecule has 0 atom stereocenters. The van der Waals surface area contributed by atoms with Crippen molar-refractivity contribution in [2.75, 3.05) is 22.9 Å². The standard InChI is InChI=1S/C21H21FN4O3S/c1-2-25(17(27)13-30-16-11-7-6-10-15(16)22)18-19(23)26(21(29)24-20(18)28)12-14-8-4-3-5-9-14/h3-11H,2,12-13,23H2,1H3,(H,24,28,29). The van der Waals surface area contributed by atoms with Crippen LogP contribution in [0.4, 0.5) is 15.9 Å². The van der Waals surface area contributed by atoms with Gasteiger partial charge in [0.1, 0.15) is 11.6 Å². The Labute approximate surface area is 176 Å². The molecule has 3 aromatic rings. The number of H-pyrrole nitrogens is 1. The van der Waals surface area contributed by atoms with Crippen LogP contribution < -0.4 is 21.9 Å². The molecule has 0 aliphatic rings. The Kier molecular flexibility index (Phi) is 6.73. The molecule has 0 saturated carbocycles. The third-order valence-corrected chi connectivity index (χ3v) is 5.51. The number of benzene rings is 2. The number of halogens is 1. The number of anilines is 2. The molecule has 0 unspecified atom stereocenters. The lowest BCUT2D eigenvalue weighted by atomic mass is 10.2. The predicted octanol–water partition coefficient (Wildman–Crippen LogP) is 2.45. The number of hydrogen-bond donors (Lipinski definition) is 2. The number of thioether (sulfide) groups is 1. The van der Waals surface area contributed by atoms with Gasteiger partial charge in [-0.3, -0.25) is 19.1 Å². The van der Waals surface area contributed by atoms with Crippen molar-refractivity contribution in [3.63, 3.8) is 0 Å². The van der Waals surface area contributed by atoms with Gasteiger partial charge < -0.3 is 10.6 Å². The summed E-state index contributed by atoms with van der Waals surface area (Å²) in [5.41, 5.74) is 5.48. The Morgan fingerprint density at radius 1 is 1.13 bits per heavy atom. The molecular weight excluding hydrogens is 407 g/mol. The van der Waals surface area contributed by atoms with Crippen LogP contribution in [0.3, 0.4) is 0 Å². The minimum Gasteiger partial charge on any atom is -0.383 e. The highest BCUT2D eigenvalue weighted by Gasteiger charge is 2.23. The van der Waals surface area contributed by atoms with E-state index in [1.807, 2.05) is 30.3 Å². The lowest BCUT2D eigenvalue weighted by molar-refractivity contribution is -0.116. The molecule has 0 bridgehead atoms. The number of aromatic nitrogens is 2. The molecule has 0 fully saturated rings. The van der Waals surface area contributed by atoms with Crippen LogP contribution in [-0.2, 0) is 11.3 Å². The molecule has 7 nitrogen and oxygen atoms in total. The lowest BCUT2D eigenvalue weighted by Gasteiger charge is -2.23. The van der Waals surface area contributed by atoms with Crippen LogP contribution in [-0.4, -0.2) is 27.8 Å². The van der Waals surface area contributed by atoms with E-state index in [-0.39, 0.29) is 30.3 Å². The van der Waals surface area contributed by atoms with Gasteiger partial charge >= 0.3 is 5.69 Å². The highest BCUT2D eigenvalue weighted by molar-refractivity contribution is 8.00. The molecule has 0 radical (unpaired) electrons. The lowest BCUT2D eigenvalue weighted by Crippen LogP contribution is -2.41. The predicted molar refractivity (Wildman–Crippen MR) is 116 cm³/mol. The summed E-state index contributed by atoms with van der Waals surface area (Å²) in [6.07, 6.45) is 0. The van der Waals surface area contributed by atoms with Gasteiger partial charge in [0.15, 0.2) is 5.69 Å². The van der Waals surface area contributed by atoms with Crippen LogP contribution in [0.15, 0.2) is 69.1 Å². The summed E-state index contributed by atoms with van der Waals surface area (Å²) in [4.78, 5) is 41.4. The van der Waals surface area contributed by atoms with E-state index < -0.39 is 23.0 Å². The first-order valence-electron chi connectivity index (χ1n) is 9.26. The van der Waals surface area contributed by atoms with Gasteiger partial charge in [-0.05, 0) is 24.6 Å². The summed E-state index contributed by atoms with van der Waals surface area (Å²) in [7, 11) is 0. The molecule has 1 heterocycles. The van der Waals surface area contributed by atoms with Gasteiger partial charge in [-0.25, -0.2) is 9.18 Å². The number of rotatable bonds is 7. The molecule has 156 valence electrons. The number of carbonyl (C=O) groups is 1. The van der Waals surface area contributed by atoms with Crippen molar-refractivity contribution in [1.82, 2.24) is 9.55 Å². The number of aromatic amines is 1. The molecule has 0 saturated heterocycles. The van der Waals surface area contributed by atoms with Gasteiger partial charge in [-0.1, -0.05) is 42.5 Å². The third-order valence-electron chi connectivity index (χ3n) is 4.47. The molecular formula is C21H21FN4O3S. The normalized spacial score (nSPS) is 10.7. The third kappa shape index (κ3) is 4.62. The topological polar surface area (TPSA) is 101 Å². The summed E-state index contributed by atoms with van der Waals surface area (Å²) in [6.45, 7) is 2.00. The highest BCUT2D eigenvalue weighted by atomic mass is 32.2. The van der Waals surface area contributed by atoms with Crippen molar-refractivity contribution in [1.29, 1.82) is 0 Å². The molecule has 1 amide bonds. The zero-order valence-electron chi connectivity index (χ0n) is 16.3. The van der Waals surface area contributed by atoms with E-state index in [0.717, 1.165) is 17.3 Å². The molecule has 2 aromatic carbocycles. The van der Waals surface area contributed by atoms with Crippen LogP contribution >= 0.6 is 11.8 Å². The van der Waals surface area contributed by atoms with E-state index in [4.69, 9.17) is 5.73 Å². The van der Waals surface area contributed by atoms with E-state index in [9.17, 15) is 18.8 Å². The number of nitrogen functional groups attached to an aromatic ring is 1. The SMILES string of the molecule is CCN(C(=O)CSc1ccccc1F)c1c(N)n(Cc2ccccc2)c(=O)[nH]c1=O. The quantitative estimate of drug-likeness (QED) is 0.563. The van der Waals surface area contributed by atoms with Crippen LogP contribution in [0.25, 0.3) is 0 Å². The second kappa shape index (κ2) is 9.45. The Morgan fingerprint density at radius 2 is 1.80 bits per heavy atom. The van der Waals surface area contributed by atoms with Crippen LogP contribution in [0.5, 0.6) is 0 Å². The first kappa shape index (κ1) is 21.4. The largest absolute Gasteiger partial charge is 0.383 e. The molecule has 3 N–H and O–H groups in total. The maximum absolute atomic E-state index is 13.8. The maximum atomic E-state index is 13.8. The van der Waals surface area contributed by atoms with E-state index in [1.165, 1.54) is 15.5 Å². The fourth-order valence-electron chi connectivity index (χ4n) is 3.00. The molecule has 30 heavy (non-hydrogen) atoms. The average molecular weight is 428 g/mol. The van der Waals surface area contributed by atoms with Gasteiger partial charge in [0.05, 0.1) is 12.3 Å². The average Bonchev–Trinajstić information content (AvgIpc) is 2.74. The Hall–Kier alpha value is -3.33. The van der Waals surface area contributed by atoms with Gasteiger partial charge in [0.25, 0.3) is 5.56 Å². The Morgan fingerprint density at radius 3 is 2.47 bits per heavy atom. The second-order valence-electron chi connectivity index (χ2n) is 6.42. The minimum atomic E-state index is -0.743. The van der Waals surface area contributed by atoms with E-state index in [2.05, 4.69) is 4.98 Å². The van der Waals surface area contributed by atoms with E-state index in [0.29, 0.717) is 4.90 Å². The molecule has 0 spiro atoms. The number of nitrogens with zero attached hydrogens (tertiary/aromatic N) is 2. The zero-order chi connectivity index (χ0) is 21.7. The number of amides is 1. The summed E-state index contributed by atoms with van der Waals surface area (Å²) in [5, 5.41) is 0. The first-order chi connectivity index (χ1) is 14.4. The van der Waals surface area contributed by atoms with Gasteiger partial charge in [0.2, 0.25) is 5.91 Å². The van der Waals surface area contributed by atoms with Gasteiger partial charge in [-0.2, -0.15) is 0 Å². The fourth-order valence-corrected chi connectivity index (χ4v) is 3.82. The maximum Gasteiger partial charge on any atom is 0.330 e. The number of nitrogens with two attached hydrogens (primary N) is 1. The van der Waals surface area contributed by atoms with Crippen molar-refractivity contribution >= 4 is 29.2 Å². The molecule has 0 aliphatic carbocycles. The monoisotopic (exact) mass is 428 g/mol. The van der Waals surface area contributed by atoms with Crippen molar-refractivity contribution in [3.8, 4) is 0 Å². The first-order valence-corrected chi connectivity index (χ1v) is 10.2. The van der Waals surface area contributed by atoms with E-state index in [1.54, 1.807) is 25.1 Å². The van der Waals surface area contributed by atoms with Crippen LogP contribution in [0.1, 0.15) is 12.5 Å². The Bertz CT molecular complexity index is 1160. The highest BCUT2D eigenvalue weighted by Crippen LogP contribution is 2.24. The van der Waals surface area contributed by atoms with Crippen LogP contribution in [0.2, 0.25) is 0 Å². The van der Waals surface area contributed by atoms with Gasteiger partial charge in [-0.15, -0.1) is 11.8 Å². The van der Waals surface area contributed by atoms with Gasteiger partial charge in [0, 0.05) is 11.4 Å². The molecule has 0 aliphatic heterocycles. The second-order valence-corrected chi connectivity index (χ2v) is 7.44. The fraction of sp³-hybridized carbons (Fsp3) is 0.190. The molecule has 9 heteroatoms. The van der Waals surface area contributed by atoms with Crippen molar-refractivity contribution in [2.45, 2.75) is 18.4 Å². The summed E-state index contributed by atoms with van der Waals surface area (Å²) >= 11 is 1.03. The van der Waals surface area contributed by atoms with Crippen LogP contribution in [0, 0.1) is 5.82 Å². The minimum absolute atomic E-state index is 0.0906. The number of nitrogens with one attached hydrogen (secondary N) is 1. The number of hydrogen-bond acceptors (Lipinski definition) is 5.